The van der Waals surface area contributed by atoms with Gasteiger partial charge in [0.2, 0.25) is 5.91 Å². The second kappa shape index (κ2) is 9.23. The van der Waals surface area contributed by atoms with Gasteiger partial charge in [-0.3, -0.25) is 14.3 Å². The molecule has 132 valence electrons. The summed E-state index contributed by atoms with van der Waals surface area (Å²) in [6.45, 7) is 9.62. The molecule has 0 bridgehead atoms. The van der Waals surface area contributed by atoms with Crippen LogP contribution in [0, 0.1) is 0 Å². The van der Waals surface area contributed by atoms with Crippen molar-refractivity contribution < 1.29 is 4.79 Å². The van der Waals surface area contributed by atoms with Gasteiger partial charge in [0.25, 0.3) is 0 Å². The molecule has 2 aromatic rings. The first-order valence-electron chi connectivity index (χ1n) is 7.89. The van der Waals surface area contributed by atoms with Gasteiger partial charge in [0.1, 0.15) is 0 Å². The molecule has 0 saturated carbocycles. The van der Waals surface area contributed by atoms with Crippen molar-refractivity contribution in [1.82, 2.24) is 14.8 Å². The maximum absolute atomic E-state index is 11.9. The van der Waals surface area contributed by atoms with E-state index in [4.69, 9.17) is 0 Å². The minimum absolute atomic E-state index is 0. The Hall–Kier alpha value is -1.33. The summed E-state index contributed by atoms with van der Waals surface area (Å²) < 4.78 is 1.77. The van der Waals surface area contributed by atoms with E-state index >= 15 is 0 Å². The molecule has 0 radical (unpaired) electrons. The summed E-state index contributed by atoms with van der Waals surface area (Å²) in [7, 11) is 0. The van der Waals surface area contributed by atoms with Gasteiger partial charge in [0.05, 0.1) is 5.52 Å². The highest BCUT2D eigenvalue weighted by Gasteiger charge is 2.24. The normalized spacial score (nSPS) is 16.0. The zero-order valence-corrected chi connectivity index (χ0v) is 15.5. The zero-order valence-electron chi connectivity index (χ0n) is 13.9. The first-order valence-corrected chi connectivity index (χ1v) is 7.89. The van der Waals surface area contributed by atoms with Crippen LogP contribution in [0.5, 0.6) is 0 Å². The molecule has 0 unspecified atom stereocenters. The van der Waals surface area contributed by atoms with Crippen LogP contribution in [-0.2, 0) is 0 Å². The van der Waals surface area contributed by atoms with E-state index in [0.717, 1.165) is 38.1 Å². The Labute approximate surface area is 155 Å². The molecule has 1 aromatic carbocycles. The van der Waals surface area contributed by atoms with Gasteiger partial charge in [-0.15, -0.1) is 31.4 Å². The Bertz CT molecular complexity index is 693. The maximum atomic E-state index is 11.9. The monoisotopic (exact) mass is 369 g/mol. The van der Waals surface area contributed by atoms with Crippen LogP contribution < -0.4 is 5.32 Å². The van der Waals surface area contributed by atoms with E-state index in [9.17, 15) is 4.79 Å². The highest BCUT2D eigenvalue weighted by Crippen LogP contribution is 2.32. The smallest absolute Gasteiger partial charge is 0.227 e. The van der Waals surface area contributed by atoms with Crippen molar-refractivity contribution in [3.63, 3.8) is 0 Å². The van der Waals surface area contributed by atoms with Gasteiger partial charge in [-0.2, -0.15) is 0 Å². The Kier molecular flexibility index (Phi) is 7.97. The molecule has 1 saturated heterocycles. The number of para-hydroxylation sites is 1. The first-order chi connectivity index (χ1) is 10.7. The Morgan fingerprint density at radius 2 is 1.96 bits per heavy atom. The number of rotatable bonds is 4. The van der Waals surface area contributed by atoms with E-state index in [-0.39, 0.29) is 36.8 Å². The lowest BCUT2D eigenvalue weighted by molar-refractivity contribution is 0.0941. The highest BCUT2D eigenvalue weighted by atomic mass is 35.5. The molecule has 1 fully saturated rings. The quantitative estimate of drug-likeness (QED) is 0.835. The van der Waals surface area contributed by atoms with Gasteiger partial charge >= 0.3 is 0 Å². The summed E-state index contributed by atoms with van der Waals surface area (Å²) in [6.07, 6.45) is 4.89. The fourth-order valence-corrected chi connectivity index (χ4v) is 3.36. The van der Waals surface area contributed by atoms with E-state index in [1.54, 1.807) is 11.5 Å². The van der Waals surface area contributed by atoms with Crippen molar-refractivity contribution in [2.24, 2.45) is 0 Å². The minimum atomic E-state index is 0. The molecule has 4 nitrogen and oxygen atoms in total. The third-order valence-corrected chi connectivity index (χ3v) is 4.42. The number of piperazine rings is 1. The fraction of sp³-hybridized carbons (Fsp3) is 0.389. The van der Waals surface area contributed by atoms with Crippen molar-refractivity contribution in [3.05, 3.63) is 48.7 Å². The number of nitrogens with zero attached hydrogens (tertiary/aromatic N) is 2. The van der Waals surface area contributed by atoms with Crippen molar-refractivity contribution in [3.8, 4) is 0 Å². The molecule has 1 aliphatic rings. The predicted molar refractivity (Wildman–Crippen MR) is 105 cm³/mol. The molecule has 2 heterocycles. The Morgan fingerprint density at radius 1 is 1.29 bits per heavy atom. The summed E-state index contributed by atoms with van der Waals surface area (Å²) >= 11 is 0. The lowest BCUT2D eigenvalue weighted by atomic mass is 10.0. The van der Waals surface area contributed by atoms with Crippen LogP contribution in [0.4, 0.5) is 0 Å². The van der Waals surface area contributed by atoms with Crippen LogP contribution in [-0.4, -0.2) is 41.6 Å². The zero-order chi connectivity index (χ0) is 15.5. The maximum Gasteiger partial charge on any atom is 0.227 e. The number of hydrogen-bond donors (Lipinski definition) is 1. The molecule has 1 aliphatic heterocycles. The van der Waals surface area contributed by atoms with Crippen LogP contribution in [0.3, 0.4) is 0 Å². The second-order valence-electron chi connectivity index (χ2n) is 5.82. The molecule has 24 heavy (non-hydrogen) atoms. The second-order valence-corrected chi connectivity index (χ2v) is 5.82. The number of carbonyl (C=O) groups excluding carboxylic acids is 1. The van der Waals surface area contributed by atoms with Crippen molar-refractivity contribution >= 4 is 41.6 Å². The molecule has 1 atom stereocenters. The molecule has 0 aliphatic carbocycles. The lowest BCUT2D eigenvalue weighted by Gasteiger charge is -2.34. The highest BCUT2D eigenvalue weighted by molar-refractivity contribution is 5.93. The van der Waals surface area contributed by atoms with Gasteiger partial charge in [0.15, 0.2) is 0 Å². The van der Waals surface area contributed by atoms with Gasteiger partial charge in [-0.25, -0.2) is 0 Å². The first kappa shape index (κ1) is 20.7. The molecular formula is C18H25Cl2N3O. The summed E-state index contributed by atoms with van der Waals surface area (Å²) in [4.78, 5) is 14.4. The molecule has 0 amide bonds. The summed E-state index contributed by atoms with van der Waals surface area (Å²) in [5, 5.41) is 4.57. The number of carbonyl (C=O) groups is 1. The van der Waals surface area contributed by atoms with Gasteiger partial charge in [0, 0.05) is 50.7 Å². The summed E-state index contributed by atoms with van der Waals surface area (Å²) in [6, 6.07) is 8.44. The van der Waals surface area contributed by atoms with E-state index in [1.165, 1.54) is 10.9 Å². The van der Waals surface area contributed by atoms with Crippen molar-refractivity contribution in [2.45, 2.75) is 19.4 Å². The average Bonchev–Trinajstić information content (AvgIpc) is 2.93. The number of aromatic nitrogens is 1. The predicted octanol–water partition coefficient (Wildman–Crippen LogP) is 3.67. The van der Waals surface area contributed by atoms with Gasteiger partial charge < -0.3 is 5.32 Å². The third-order valence-electron chi connectivity index (χ3n) is 4.42. The SMILES string of the molecule is C=CC[C@@H](c1cn(C(C)=O)c2ccccc12)N1CCNCC1.Cl.Cl. The van der Waals surface area contributed by atoms with Gasteiger partial charge in [-0.05, 0) is 18.1 Å². The standard InChI is InChI=1S/C18H23N3O.2ClH/c1-3-6-17(20-11-9-19-10-12-20)16-13-21(14(2)22)18-8-5-4-7-15(16)18;;/h3-5,7-8,13,17,19H,1,6,9-12H2,2H3;2*1H/t17-;;/m0../s1. The number of benzene rings is 1. The number of nitrogens with one attached hydrogen (secondary N) is 1. The number of halogens is 2. The van der Waals surface area contributed by atoms with Gasteiger partial charge in [-0.1, -0.05) is 24.3 Å². The largest absolute Gasteiger partial charge is 0.314 e. The Balaban J connectivity index is 0.00000144. The van der Waals surface area contributed by atoms with E-state index in [2.05, 4.69) is 22.9 Å². The van der Waals surface area contributed by atoms with E-state index in [1.807, 2.05) is 30.5 Å². The fourth-order valence-electron chi connectivity index (χ4n) is 3.36. The molecule has 0 spiro atoms. The molecular weight excluding hydrogens is 345 g/mol. The summed E-state index contributed by atoms with van der Waals surface area (Å²) in [5.74, 6) is 0.0557. The van der Waals surface area contributed by atoms with Crippen molar-refractivity contribution in [1.29, 1.82) is 0 Å². The van der Waals surface area contributed by atoms with Crippen LogP contribution >= 0.6 is 24.8 Å². The van der Waals surface area contributed by atoms with Crippen LogP contribution in [0.2, 0.25) is 0 Å². The molecule has 6 heteroatoms. The van der Waals surface area contributed by atoms with Crippen LogP contribution in [0.25, 0.3) is 10.9 Å². The number of hydrogen-bond acceptors (Lipinski definition) is 3. The van der Waals surface area contributed by atoms with E-state index in [0.29, 0.717) is 0 Å². The van der Waals surface area contributed by atoms with E-state index < -0.39 is 0 Å². The topological polar surface area (TPSA) is 37.3 Å². The number of fused-ring (bicyclic) bond motifs is 1. The van der Waals surface area contributed by atoms with Crippen LogP contribution in [0.15, 0.2) is 43.1 Å². The van der Waals surface area contributed by atoms with Crippen LogP contribution in [0.1, 0.15) is 29.7 Å². The average molecular weight is 370 g/mol. The molecule has 1 N–H and O–H groups in total. The molecule has 1 aromatic heterocycles. The van der Waals surface area contributed by atoms with Crippen molar-refractivity contribution in [2.75, 3.05) is 26.2 Å². The Morgan fingerprint density at radius 3 is 2.58 bits per heavy atom. The lowest BCUT2D eigenvalue weighted by Crippen LogP contribution is -2.45. The summed E-state index contributed by atoms with van der Waals surface area (Å²) in [5.41, 5.74) is 2.22. The molecule has 3 rings (SSSR count). The minimum Gasteiger partial charge on any atom is -0.314 e. The third kappa shape index (κ3) is 4.01.